The highest BCUT2D eigenvalue weighted by Gasteiger charge is 2.20. The summed E-state index contributed by atoms with van der Waals surface area (Å²) in [6.07, 6.45) is 0. The molecule has 0 spiro atoms. The van der Waals surface area contributed by atoms with E-state index in [0.29, 0.717) is 5.69 Å². The van der Waals surface area contributed by atoms with Crippen molar-refractivity contribution in [1.82, 2.24) is 0 Å². The van der Waals surface area contributed by atoms with Gasteiger partial charge in [0, 0.05) is 17.8 Å². The van der Waals surface area contributed by atoms with Gasteiger partial charge in [-0.1, -0.05) is 23.2 Å². The molecule has 0 atom stereocenters. The van der Waals surface area contributed by atoms with Crippen LogP contribution in [0.5, 0.6) is 0 Å². The molecule has 0 aromatic heterocycles. The Bertz CT molecular complexity index is 793. The number of anilines is 1. The molecule has 0 saturated carbocycles. The van der Waals surface area contributed by atoms with Crippen molar-refractivity contribution >= 4 is 46.2 Å². The van der Waals surface area contributed by atoms with Gasteiger partial charge in [-0.25, -0.2) is 0 Å². The van der Waals surface area contributed by atoms with Crippen LogP contribution in [0.4, 0.5) is 17.1 Å². The zero-order valence-corrected chi connectivity index (χ0v) is 12.7. The van der Waals surface area contributed by atoms with Gasteiger partial charge in [0.2, 0.25) is 0 Å². The highest BCUT2D eigenvalue weighted by atomic mass is 35.5. The fraction of sp³-hybridized carbons (Fsp3) is 0. The quantitative estimate of drug-likeness (QED) is 0.655. The molecule has 0 radical (unpaired) electrons. The molecule has 2 aromatic carbocycles. The first-order valence-electron chi connectivity index (χ1n) is 5.98. The maximum Gasteiger partial charge on any atom is 0.277 e. The van der Waals surface area contributed by atoms with Crippen LogP contribution in [-0.2, 0) is 0 Å². The van der Waals surface area contributed by atoms with Gasteiger partial charge >= 0.3 is 0 Å². The fourth-order valence-electron chi connectivity index (χ4n) is 1.71. The van der Waals surface area contributed by atoms with E-state index in [0.717, 1.165) is 18.2 Å². The van der Waals surface area contributed by atoms with E-state index >= 15 is 0 Å². The van der Waals surface area contributed by atoms with E-state index in [9.17, 15) is 25.0 Å². The summed E-state index contributed by atoms with van der Waals surface area (Å²) in [5.74, 6) is -0.754. The van der Waals surface area contributed by atoms with Gasteiger partial charge in [0.25, 0.3) is 17.3 Å². The van der Waals surface area contributed by atoms with Gasteiger partial charge in [0.1, 0.15) is 0 Å². The number of carbonyl (C=O) groups excluding carboxylic acids is 1. The van der Waals surface area contributed by atoms with Crippen molar-refractivity contribution in [3.63, 3.8) is 0 Å². The third kappa shape index (κ3) is 3.93. The molecule has 0 aliphatic carbocycles. The number of halogens is 2. The van der Waals surface area contributed by atoms with E-state index in [1.54, 1.807) is 0 Å². The molecule has 8 nitrogen and oxygen atoms in total. The first-order chi connectivity index (χ1) is 10.8. The van der Waals surface area contributed by atoms with Crippen LogP contribution in [0.25, 0.3) is 0 Å². The lowest BCUT2D eigenvalue weighted by atomic mass is 10.1. The SMILES string of the molecule is O=C(Nc1ccc(Cl)c(Cl)c1)c1cc([N+](=O)[O-])cc([N+](=O)[O-])c1. The number of benzene rings is 2. The summed E-state index contributed by atoms with van der Waals surface area (Å²) in [7, 11) is 0. The van der Waals surface area contributed by atoms with Crippen molar-refractivity contribution in [3.8, 4) is 0 Å². The van der Waals surface area contributed by atoms with Gasteiger partial charge in [0.05, 0.1) is 31.5 Å². The molecule has 0 fully saturated rings. The number of nitro groups is 2. The normalized spacial score (nSPS) is 10.2. The van der Waals surface area contributed by atoms with E-state index in [1.807, 2.05) is 0 Å². The van der Waals surface area contributed by atoms with Gasteiger partial charge in [-0.3, -0.25) is 25.0 Å². The van der Waals surface area contributed by atoms with Crippen LogP contribution in [0.1, 0.15) is 10.4 Å². The van der Waals surface area contributed by atoms with Crippen LogP contribution in [0.3, 0.4) is 0 Å². The zero-order chi connectivity index (χ0) is 17.1. The van der Waals surface area contributed by atoms with Crippen molar-refractivity contribution in [1.29, 1.82) is 0 Å². The third-order valence-corrected chi connectivity index (χ3v) is 3.50. The van der Waals surface area contributed by atoms with Crippen LogP contribution in [0.15, 0.2) is 36.4 Å². The standard InChI is InChI=1S/C13H7Cl2N3O5/c14-11-2-1-8(5-12(11)15)16-13(19)7-3-9(17(20)21)6-10(4-7)18(22)23/h1-6H,(H,16,19). The summed E-state index contributed by atoms with van der Waals surface area (Å²) in [6, 6.07) is 6.97. The van der Waals surface area contributed by atoms with Gasteiger partial charge in [-0.05, 0) is 18.2 Å². The van der Waals surface area contributed by atoms with Crippen molar-refractivity contribution in [2.75, 3.05) is 5.32 Å². The van der Waals surface area contributed by atoms with Gasteiger partial charge in [-0.15, -0.1) is 0 Å². The number of hydrogen-bond acceptors (Lipinski definition) is 5. The summed E-state index contributed by atoms with van der Waals surface area (Å²) in [4.78, 5) is 32.1. The van der Waals surface area contributed by atoms with Crippen LogP contribution >= 0.6 is 23.2 Å². The maximum atomic E-state index is 12.1. The molecule has 1 N–H and O–H groups in total. The number of carbonyl (C=O) groups is 1. The fourth-order valence-corrected chi connectivity index (χ4v) is 2.01. The Labute approximate surface area is 138 Å². The molecule has 0 saturated heterocycles. The number of hydrogen-bond donors (Lipinski definition) is 1. The molecule has 0 aliphatic heterocycles. The molecule has 2 aromatic rings. The third-order valence-electron chi connectivity index (χ3n) is 2.76. The van der Waals surface area contributed by atoms with Crippen LogP contribution in [-0.4, -0.2) is 15.8 Å². The minimum Gasteiger partial charge on any atom is -0.322 e. The largest absolute Gasteiger partial charge is 0.322 e. The summed E-state index contributed by atoms with van der Waals surface area (Å²) < 4.78 is 0. The molecule has 0 aliphatic rings. The second-order valence-electron chi connectivity index (χ2n) is 4.34. The molecule has 0 unspecified atom stereocenters. The highest BCUT2D eigenvalue weighted by molar-refractivity contribution is 6.42. The summed E-state index contributed by atoms with van der Waals surface area (Å²) in [5, 5.41) is 24.5. The van der Waals surface area contributed by atoms with Crippen LogP contribution in [0.2, 0.25) is 10.0 Å². The Kier molecular flexibility index (Phi) is 4.77. The predicted molar refractivity (Wildman–Crippen MR) is 84.2 cm³/mol. The highest BCUT2D eigenvalue weighted by Crippen LogP contribution is 2.26. The number of nitrogens with one attached hydrogen (secondary N) is 1. The molecular formula is C13H7Cl2N3O5. The van der Waals surface area contributed by atoms with Crippen molar-refractivity contribution in [3.05, 3.63) is 72.2 Å². The lowest BCUT2D eigenvalue weighted by Gasteiger charge is -2.06. The van der Waals surface area contributed by atoms with Crippen molar-refractivity contribution in [2.45, 2.75) is 0 Å². The summed E-state index contributed by atoms with van der Waals surface area (Å²) in [5.41, 5.74) is -1.05. The molecule has 23 heavy (non-hydrogen) atoms. The molecule has 2 rings (SSSR count). The first kappa shape index (κ1) is 16.7. The lowest BCUT2D eigenvalue weighted by Crippen LogP contribution is -2.12. The Morgan fingerprint density at radius 1 is 0.913 bits per heavy atom. The van der Waals surface area contributed by atoms with E-state index in [1.165, 1.54) is 18.2 Å². The zero-order valence-electron chi connectivity index (χ0n) is 11.2. The Balaban J connectivity index is 2.36. The minimum absolute atomic E-state index is 0.203. The molecule has 10 heteroatoms. The minimum atomic E-state index is -0.817. The molecule has 118 valence electrons. The van der Waals surface area contributed by atoms with Gasteiger partial charge in [-0.2, -0.15) is 0 Å². The van der Waals surface area contributed by atoms with Crippen molar-refractivity contribution in [2.24, 2.45) is 0 Å². The predicted octanol–water partition coefficient (Wildman–Crippen LogP) is 4.06. The molecule has 0 heterocycles. The number of non-ortho nitro benzene ring substituents is 2. The second kappa shape index (κ2) is 6.59. The smallest absolute Gasteiger partial charge is 0.277 e. The van der Waals surface area contributed by atoms with Crippen LogP contribution < -0.4 is 5.32 Å². The second-order valence-corrected chi connectivity index (χ2v) is 5.15. The number of nitrogens with zero attached hydrogens (tertiary/aromatic N) is 2. The average Bonchev–Trinajstić information content (AvgIpc) is 2.50. The van der Waals surface area contributed by atoms with E-state index in [4.69, 9.17) is 23.2 Å². The van der Waals surface area contributed by atoms with E-state index in [-0.39, 0.29) is 15.6 Å². The first-order valence-corrected chi connectivity index (χ1v) is 6.74. The summed E-state index contributed by atoms with van der Waals surface area (Å²) >= 11 is 11.6. The van der Waals surface area contributed by atoms with Gasteiger partial charge in [0.15, 0.2) is 0 Å². The maximum absolute atomic E-state index is 12.1. The summed E-state index contributed by atoms with van der Waals surface area (Å²) in [6.45, 7) is 0. The Morgan fingerprint density at radius 2 is 1.48 bits per heavy atom. The molecule has 1 amide bonds. The van der Waals surface area contributed by atoms with E-state index < -0.39 is 27.1 Å². The molecule has 0 bridgehead atoms. The van der Waals surface area contributed by atoms with Gasteiger partial charge < -0.3 is 5.32 Å². The number of amides is 1. The number of nitro benzene ring substituents is 2. The Hall–Kier alpha value is -2.71. The average molecular weight is 356 g/mol. The molecular weight excluding hydrogens is 349 g/mol. The number of rotatable bonds is 4. The monoisotopic (exact) mass is 355 g/mol. The van der Waals surface area contributed by atoms with Crippen LogP contribution in [0, 0.1) is 20.2 Å². The van der Waals surface area contributed by atoms with E-state index in [2.05, 4.69) is 5.32 Å². The lowest BCUT2D eigenvalue weighted by molar-refractivity contribution is -0.394. The Morgan fingerprint density at radius 3 is 1.96 bits per heavy atom. The topological polar surface area (TPSA) is 115 Å². The van der Waals surface area contributed by atoms with Crippen molar-refractivity contribution < 1.29 is 14.6 Å².